The largest absolute Gasteiger partial charge is 0.456 e. The first-order chi connectivity index (χ1) is 2.89. The third-order valence-corrected chi connectivity index (χ3v) is 0.852. The Morgan fingerprint density at radius 2 is 2.67 bits per heavy atom. The zero-order chi connectivity index (χ0) is 4.41. The van der Waals surface area contributed by atoms with Crippen LogP contribution in [0, 0.1) is 6.73 Å². The van der Waals surface area contributed by atoms with Crippen LogP contribution in [0.1, 0.15) is 0 Å². The molecule has 0 aromatic rings. The Labute approximate surface area is 44.3 Å². The Bertz CT molecular complexity index is 80.9. The number of rotatable bonds is 0. The van der Waals surface area contributed by atoms with Crippen molar-refractivity contribution in [3.05, 3.63) is 17.6 Å². The molecular weight excluding hydrogens is 146 g/mol. The van der Waals surface area contributed by atoms with Crippen molar-refractivity contribution in [2.45, 2.75) is 0 Å². The quantitative estimate of drug-likeness (QED) is 0.552. The highest BCUT2D eigenvalue weighted by Gasteiger charge is 1.96. The number of hydrogen-bond donors (Lipinski definition) is 1. The monoisotopic (exact) mass is 148 g/mol. The van der Waals surface area contributed by atoms with Crippen LogP contribution in [0.2, 0.25) is 0 Å². The zero-order valence-electron chi connectivity index (χ0n) is 2.94. The SMILES string of the molecule is BrC1=CN[CH]O1. The van der Waals surface area contributed by atoms with Crippen molar-refractivity contribution in [1.29, 1.82) is 0 Å². The fourth-order valence-electron chi connectivity index (χ4n) is 0.224. The van der Waals surface area contributed by atoms with E-state index in [4.69, 9.17) is 4.74 Å². The van der Waals surface area contributed by atoms with E-state index >= 15 is 0 Å². The molecule has 0 aliphatic carbocycles. The molecule has 33 valence electrons. The van der Waals surface area contributed by atoms with E-state index in [1.807, 2.05) is 0 Å². The van der Waals surface area contributed by atoms with Crippen molar-refractivity contribution in [3.63, 3.8) is 0 Å². The van der Waals surface area contributed by atoms with Crippen molar-refractivity contribution in [2.24, 2.45) is 0 Å². The maximum atomic E-state index is 4.69. The molecule has 1 radical (unpaired) electrons. The van der Waals surface area contributed by atoms with Gasteiger partial charge in [0.25, 0.3) is 0 Å². The van der Waals surface area contributed by atoms with Crippen LogP contribution in [-0.4, -0.2) is 0 Å². The van der Waals surface area contributed by atoms with E-state index in [9.17, 15) is 0 Å². The Balaban J connectivity index is 2.45. The molecule has 0 atom stereocenters. The van der Waals surface area contributed by atoms with Gasteiger partial charge in [-0.3, -0.25) is 0 Å². The minimum absolute atomic E-state index is 0.725. The number of hydrogen-bond acceptors (Lipinski definition) is 2. The minimum Gasteiger partial charge on any atom is -0.456 e. The van der Waals surface area contributed by atoms with Crippen LogP contribution in [0.5, 0.6) is 0 Å². The van der Waals surface area contributed by atoms with Gasteiger partial charge in [-0.2, -0.15) is 0 Å². The van der Waals surface area contributed by atoms with Crippen LogP contribution in [0.4, 0.5) is 0 Å². The standard InChI is InChI=1S/C3H3BrNO/c4-3-1-5-2-6-3/h1-2,5H. The van der Waals surface area contributed by atoms with Crippen molar-refractivity contribution >= 4 is 15.9 Å². The van der Waals surface area contributed by atoms with Gasteiger partial charge in [-0.05, 0) is 15.9 Å². The average Bonchev–Trinajstić information content (AvgIpc) is 1.86. The number of halogens is 1. The molecule has 1 aliphatic heterocycles. The molecule has 0 spiro atoms. The molecule has 1 heterocycles. The van der Waals surface area contributed by atoms with Gasteiger partial charge < -0.3 is 10.1 Å². The van der Waals surface area contributed by atoms with Crippen molar-refractivity contribution < 1.29 is 4.74 Å². The summed E-state index contributed by atoms with van der Waals surface area (Å²) in [5.41, 5.74) is 0. The smallest absolute Gasteiger partial charge is 0.226 e. The molecule has 0 saturated heterocycles. The summed E-state index contributed by atoms with van der Waals surface area (Å²) in [6, 6.07) is 0. The van der Waals surface area contributed by atoms with Gasteiger partial charge >= 0.3 is 0 Å². The summed E-state index contributed by atoms with van der Waals surface area (Å²) in [6.07, 6.45) is 1.71. The first-order valence-electron chi connectivity index (χ1n) is 1.49. The lowest BCUT2D eigenvalue weighted by Crippen LogP contribution is -1.90. The van der Waals surface area contributed by atoms with E-state index in [-0.39, 0.29) is 0 Å². The normalized spacial score (nSPS) is 18.5. The highest BCUT2D eigenvalue weighted by atomic mass is 79.9. The summed E-state index contributed by atoms with van der Waals surface area (Å²) in [6.45, 7) is 1.49. The molecule has 0 unspecified atom stereocenters. The molecule has 0 aromatic heterocycles. The topological polar surface area (TPSA) is 21.3 Å². The summed E-state index contributed by atoms with van der Waals surface area (Å²) in [4.78, 5) is 0. The van der Waals surface area contributed by atoms with E-state index in [1.165, 1.54) is 6.73 Å². The van der Waals surface area contributed by atoms with Crippen LogP contribution >= 0.6 is 15.9 Å². The summed E-state index contributed by atoms with van der Waals surface area (Å²) < 4.78 is 5.42. The Morgan fingerprint density at radius 3 is 2.83 bits per heavy atom. The Morgan fingerprint density at radius 1 is 1.83 bits per heavy atom. The Hall–Kier alpha value is -0.180. The maximum absolute atomic E-state index is 4.69. The molecule has 0 saturated carbocycles. The molecule has 0 aromatic carbocycles. The average molecular weight is 149 g/mol. The molecule has 3 heteroatoms. The van der Waals surface area contributed by atoms with E-state index in [0.29, 0.717) is 0 Å². The third-order valence-electron chi connectivity index (χ3n) is 0.436. The van der Waals surface area contributed by atoms with Crippen LogP contribution in [0.3, 0.4) is 0 Å². The summed E-state index contributed by atoms with van der Waals surface area (Å²) in [7, 11) is 0. The second kappa shape index (κ2) is 1.51. The van der Waals surface area contributed by atoms with Crippen LogP contribution in [0.15, 0.2) is 10.9 Å². The van der Waals surface area contributed by atoms with E-state index in [1.54, 1.807) is 6.20 Å². The van der Waals surface area contributed by atoms with Crippen molar-refractivity contribution in [1.82, 2.24) is 5.32 Å². The van der Waals surface area contributed by atoms with Crippen LogP contribution in [0.25, 0.3) is 0 Å². The lowest BCUT2D eigenvalue weighted by molar-refractivity contribution is 0.336. The van der Waals surface area contributed by atoms with E-state index < -0.39 is 0 Å². The molecule has 1 aliphatic rings. The molecule has 0 bridgehead atoms. The summed E-state index contributed by atoms with van der Waals surface area (Å²) in [5.74, 6) is 0. The lowest BCUT2D eigenvalue weighted by atomic mass is 11.0. The second-order valence-corrected chi connectivity index (χ2v) is 1.63. The highest BCUT2D eigenvalue weighted by molar-refractivity contribution is 9.11. The molecule has 0 fully saturated rings. The fraction of sp³-hybridized carbons (Fsp3) is 0. The minimum atomic E-state index is 0.725. The van der Waals surface area contributed by atoms with Gasteiger partial charge in [0, 0.05) is 6.20 Å². The van der Waals surface area contributed by atoms with Gasteiger partial charge in [-0.15, -0.1) is 0 Å². The number of nitrogens with one attached hydrogen (secondary N) is 1. The van der Waals surface area contributed by atoms with E-state index in [0.717, 1.165) is 4.67 Å². The molecule has 0 amide bonds. The molecular formula is C3H3BrNO. The maximum Gasteiger partial charge on any atom is 0.226 e. The fourth-order valence-corrected chi connectivity index (χ4v) is 0.449. The van der Waals surface area contributed by atoms with Crippen molar-refractivity contribution in [2.75, 3.05) is 0 Å². The summed E-state index contributed by atoms with van der Waals surface area (Å²) >= 11 is 3.08. The molecule has 1 N–H and O–H groups in total. The highest BCUT2D eigenvalue weighted by Crippen LogP contribution is 2.09. The van der Waals surface area contributed by atoms with Gasteiger partial charge in [-0.25, -0.2) is 0 Å². The number of ether oxygens (including phenoxy) is 1. The summed E-state index contributed by atoms with van der Waals surface area (Å²) in [5, 5.41) is 2.72. The predicted octanol–water partition coefficient (Wildman–Crippen LogP) is 0.919. The van der Waals surface area contributed by atoms with Gasteiger partial charge in [0.05, 0.1) is 0 Å². The first-order valence-corrected chi connectivity index (χ1v) is 2.29. The predicted molar refractivity (Wildman–Crippen MR) is 25.5 cm³/mol. The van der Waals surface area contributed by atoms with Crippen molar-refractivity contribution in [3.8, 4) is 0 Å². The first kappa shape index (κ1) is 3.99. The molecule has 1 rings (SSSR count). The van der Waals surface area contributed by atoms with Crippen LogP contribution in [-0.2, 0) is 4.74 Å². The zero-order valence-corrected chi connectivity index (χ0v) is 4.53. The molecule has 2 nitrogen and oxygen atoms in total. The van der Waals surface area contributed by atoms with E-state index in [2.05, 4.69) is 21.2 Å². The Kier molecular flexibility index (Phi) is 1.01. The van der Waals surface area contributed by atoms with Gasteiger partial charge in [0.15, 0.2) is 4.67 Å². The van der Waals surface area contributed by atoms with Crippen LogP contribution < -0.4 is 5.32 Å². The third kappa shape index (κ3) is 0.653. The molecule has 6 heavy (non-hydrogen) atoms. The van der Waals surface area contributed by atoms with Gasteiger partial charge in [-0.1, -0.05) is 0 Å². The van der Waals surface area contributed by atoms with Gasteiger partial charge in [0.1, 0.15) is 0 Å². The van der Waals surface area contributed by atoms with Gasteiger partial charge in [0.2, 0.25) is 6.73 Å². The second-order valence-electron chi connectivity index (χ2n) is 0.851. The lowest BCUT2D eigenvalue weighted by Gasteiger charge is -1.84.